The molecule has 0 spiro atoms. The lowest BCUT2D eigenvalue weighted by Crippen LogP contribution is -2.40. The molecule has 1 heterocycles. The predicted octanol–water partition coefficient (Wildman–Crippen LogP) is 3.86. The van der Waals surface area contributed by atoms with Gasteiger partial charge in [0.15, 0.2) is 5.96 Å². The Labute approximate surface area is 168 Å². The maximum Gasteiger partial charge on any atom is 0.191 e. The Morgan fingerprint density at radius 1 is 1.32 bits per heavy atom. The number of thiazole rings is 1. The summed E-state index contributed by atoms with van der Waals surface area (Å²) in [4.78, 5) is 9.66. The van der Waals surface area contributed by atoms with Crippen LogP contribution < -0.4 is 10.6 Å². The molecule has 1 aromatic heterocycles. The molecule has 1 atom stereocenters. The predicted molar refractivity (Wildman–Crippen MR) is 110 cm³/mol. The van der Waals surface area contributed by atoms with E-state index in [9.17, 15) is 8.78 Å². The average molecular weight is 480 g/mol. The van der Waals surface area contributed by atoms with Crippen LogP contribution in [0.4, 0.5) is 8.78 Å². The Kier molecular flexibility index (Phi) is 9.26. The van der Waals surface area contributed by atoms with Crippen molar-refractivity contribution in [2.45, 2.75) is 26.2 Å². The zero-order chi connectivity index (χ0) is 17.5. The number of hydrogen-bond donors (Lipinski definition) is 2. The molecule has 2 N–H and O–H groups in total. The van der Waals surface area contributed by atoms with E-state index < -0.39 is 11.6 Å². The highest BCUT2D eigenvalue weighted by atomic mass is 127. The fourth-order valence-electron chi connectivity index (χ4n) is 2.29. The molecule has 2 aromatic rings. The molecule has 0 aliphatic rings. The third-order valence-corrected chi connectivity index (χ3v) is 4.57. The minimum absolute atomic E-state index is 0. The second kappa shape index (κ2) is 10.6. The van der Waals surface area contributed by atoms with E-state index in [1.807, 2.05) is 20.0 Å². The summed E-state index contributed by atoms with van der Waals surface area (Å²) >= 11 is 1.68. The van der Waals surface area contributed by atoms with Crippen molar-refractivity contribution in [1.29, 1.82) is 0 Å². The van der Waals surface area contributed by atoms with Gasteiger partial charge in [-0.05, 0) is 18.6 Å². The number of hydrogen-bond acceptors (Lipinski definition) is 3. The van der Waals surface area contributed by atoms with Crippen LogP contribution in [0, 0.1) is 18.6 Å². The average Bonchev–Trinajstić information content (AvgIpc) is 2.95. The zero-order valence-electron chi connectivity index (χ0n) is 14.5. The minimum Gasteiger partial charge on any atom is -0.356 e. The van der Waals surface area contributed by atoms with Crippen molar-refractivity contribution in [3.8, 4) is 0 Å². The molecule has 2 rings (SSSR count). The van der Waals surface area contributed by atoms with Gasteiger partial charge in [-0.3, -0.25) is 4.99 Å². The van der Waals surface area contributed by atoms with Crippen molar-refractivity contribution in [3.63, 3.8) is 0 Å². The number of nitrogens with zero attached hydrogens (tertiary/aromatic N) is 2. The first-order chi connectivity index (χ1) is 11.5. The number of benzene rings is 1. The van der Waals surface area contributed by atoms with Crippen molar-refractivity contribution in [3.05, 3.63) is 51.5 Å². The van der Waals surface area contributed by atoms with Gasteiger partial charge in [0.25, 0.3) is 0 Å². The van der Waals surface area contributed by atoms with Gasteiger partial charge in [-0.25, -0.2) is 13.8 Å². The molecule has 0 fully saturated rings. The van der Waals surface area contributed by atoms with Gasteiger partial charge in [-0.1, -0.05) is 13.0 Å². The number of aryl methyl sites for hydroxylation is 1. The first-order valence-corrected chi connectivity index (χ1v) is 8.62. The highest BCUT2D eigenvalue weighted by molar-refractivity contribution is 14.0. The summed E-state index contributed by atoms with van der Waals surface area (Å²) in [7, 11) is 1.69. The van der Waals surface area contributed by atoms with Crippen molar-refractivity contribution in [2.24, 2.45) is 4.99 Å². The Bertz CT molecular complexity index is 706. The molecule has 1 unspecified atom stereocenters. The van der Waals surface area contributed by atoms with Crippen LogP contribution in [0.5, 0.6) is 0 Å². The fourth-order valence-corrected chi connectivity index (χ4v) is 3.07. The topological polar surface area (TPSA) is 49.3 Å². The van der Waals surface area contributed by atoms with Crippen LogP contribution in [0.25, 0.3) is 0 Å². The minimum atomic E-state index is -0.564. The second-order valence-electron chi connectivity index (χ2n) is 5.56. The van der Waals surface area contributed by atoms with Crippen LogP contribution in [-0.4, -0.2) is 31.1 Å². The standard InChI is InChI=1S/C17H22F2N4S.HI/c1-11(14-5-4-13(18)8-15(14)19)9-23-17(20-3)21-7-6-16-22-10-12(2)24-16;/h4-5,8,10-11H,6-7,9H2,1-3H3,(H2,20,21,23);1H. The number of nitrogens with one attached hydrogen (secondary N) is 2. The number of aliphatic imine (C=N–C) groups is 1. The quantitative estimate of drug-likeness (QED) is 0.375. The molecule has 0 radical (unpaired) electrons. The van der Waals surface area contributed by atoms with Crippen molar-refractivity contribution in [2.75, 3.05) is 20.1 Å². The summed E-state index contributed by atoms with van der Waals surface area (Å²) in [5.41, 5.74) is 0.484. The molecule has 8 heteroatoms. The zero-order valence-corrected chi connectivity index (χ0v) is 17.6. The molecular formula is C17H23F2IN4S. The van der Waals surface area contributed by atoms with Crippen LogP contribution in [-0.2, 0) is 6.42 Å². The summed E-state index contributed by atoms with van der Waals surface area (Å²) in [5, 5.41) is 7.45. The molecule has 138 valence electrons. The highest BCUT2D eigenvalue weighted by Gasteiger charge is 2.12. The molecule has 0 aliphatic heterocycles. The largest absolute Gasteiger partial charge is 0.356 e. The van der Waals surface area contributed by atoms with Gasteiger partial charge in [0, 0.05) is 49.6 Å². The molecule has 0 saturated heterocycles. The maximum absolute atomic E-state index is 13.8. The first-order valence-electron chi connectivity index (χ1n) is 7.80. The van der Waals surface area contributed by atoms with E-state index in [1.54, 1.807) is 18.4 Å². The summed E-state index contributed by atoms with van der Waals surface area (Å²) in [5.74, 6) is -0.541. The molecule has 4 nitrogen and oxygen atoms in total. The molecule has 0 bridgehead atoms. The molecule has 1 aromatic carbocycles. The van der Waals surface area contributed by atoms with E-state index in [4.69, 9.17) is 0 Å². The lowest BCUT2D eigenvalue weighted by molar-refractivity contribution is 0.556. The summed E-state index contributed by atoms with van der Waals surface area (Å²) < 4.78 is 26.8. The van der Waals surface area contributed by atoms with Crippen molar-refractivity contribution in [1.82, 2.24) is 15.6 Å². The fraction of sp³-hybridized carbons (Fsp3) is 0.412. The normalized spacial score (nSPS) is 12.4. The Morgan fingerprint density at radius 3 is 2.68 bits per heavy atom. The van der Waals surface area contributed by atoms with Gasteiger partial charge >= 0.3 is 0 Å². The van der Waals surface area contributed by atoms with Crippen LogP contribution in [0.2, 0.25) is 0 Å². The lowest BCUT2D eigenvalue weighted by Gasteiger charge is -2.16. The van der Waals surface area contributed by atoms with E-state index in [0.717, 1.165) is 17.5 Å². The van der Waals surface area contributed by atoms with Crippen LogP contribution in [0.15, 0.2) is 29.4 Å². The van der Waals surface area contributed by atoms with Gasteiger partial charge in [-0.15, -0.1) is 35.3 Å². The molecule has 0 saturated carbocycles. The molecule has 0 aliphatic carbocycles. The summed E-state index contributed by atoms with van der Waals surface area (Å²) in [6.07, 6.45) is 2.69. The van der Waals surface area contributed by atoms with Crippen molar-refractivity contribution >= 4 is 41.3 Å². The maximum atomic E-state index is 13.8. The van der Waals surface area contributed by atoms with Gasteiger partial charge in [-0.2, -0.15) is 0 Å². The highest BCUT2D eigenvalue weighted by Crippen LogP contribution is 2.19. The third kappa shape index (κ3) is 6.85. The van der Waals surface area contributed by atoms with E-state index in [2.05, 4.69) is 20.6 Å². The van der Waals surface area contributed by atoms with Gasteiger partial charge < -0.3 is 10.6 Å². The second-order valence-corrected chi connectivity index (χ2v) is 6.88. The van der Waals surface area contributed by atoms with Crippen molar-refractivity contribution < 1.29 is 8.78 Å². The molecule has 0 amide bonds. The van der Waals surface area contributed by atoms with E-state index >= 15 is 0 Å². The SMILES string of the molecule is CN=C(NCCc1ncc(C)s1)NCC(C)c1ccc(F)cc1F.I. The smallest absolute Gasteiger partial charge is 0.191 e. The Balaban J connectivity index is 0.00000312. The molecular weight excluding hydrogens is 457 g/mol. The van der Waals surface area contributed by atoms with E-state index in [-0.39, 0.29) is 29.9 Å². The lowest BCUT2D eigenvalue weighted by atomic mass is 10.0. The number of aromatic nitrogens is 1. The summed E-state index contributed by atoms with van der Waals surface area (Å²) in [6, 6.07) is 3.67. The summed E-state index contributed by atoms with van der Waals surface area (Å²) in [6.45, 7) is 5.13. The van der Waals surface area contributed by atoms with Crippen LogP contribution >= 0.6 is 35.3 Å². The number of halogens is 3. The van der Waals surface area contributed by atoms with E-state index in [1.165, 1.54) is 17.0 Å². The van der Waals surface area contributed by atoms with Crippen LogP contribution in [0.3, 0.4) is 0 Å². The van der Waals surface area contributed by atoms with Gasteiger partial charge in [0.2, 0.25) is 0 Å². The Hall–Kier alpha value is -1.29. The van der Waals surface area contributed by atoms with Crippen LogP contribution in [0.1, 0.15) is 28.3 Å². The number of guanidine groups is 1. The van der Waals surface area contributed by atoms with Gasteiger partial charge in [0.1, 0.15) is 11.6 Å². The Morgan fingerprint density at radius 2 is 2.08 bits per heavy atom. The van der Waals surface area contributed by atoms with Gasteiger partial charge in [0.05, 0.1) is 5.01 Å². The third-order valence-electron chi connectivity index (χ3n) is 3.59. The first kappa shape index (κ1) is 21.8. The molecule has 25 heavy (non-hydrogen) atoms. The van der Waals surface area contributed by atoms with E-state index in [0.29, 0.717) is 24.6 Å². The monoisotopic (exact) mass is 480 g/mol. The number of rotatable bonds is 6.